The van der Waals surface area contributed by atoms with Crippen LogP contribution in [0, 0.1) is 0 Å². The molecule has 0 amide bonds. The van der Waals surface area contributed by atoms with Crippen LogP contribution in [0.4, 0.5) is 24.5 Å². The van der Waals surface area contributed by atoms with Gasteiger partial charge in [0.1, 0.15) is 0 Å². The van der Waals surface area contributed by atoms with Gasteiger partial charge in [0.15, 0.2) is 0 Å². The van der Waals surface area contributed by atoms with Gasteiger partial charge in [-0.3, -0.25) is 0 Å². The Morgan fingerprint density at radius 2 is 2.00 bits per heavy atom. The standard InChI is InChI=1S/C10H11F3N2/c11-10(12,13)5-6-15-7-14-8-3-1-2-4-9(8)15/h1-4,14H,5-7H2. The van der Waals surface area contributed by atoms with Crippen molar-refractivity contribution >= 4 is 11.4 Å². The van der Waals surface area contributed by atoms with Crippen molar-refractivity contribution in [3.63, 3.8) is 0 Å². The number of hydrogen-bond acceptors (Lipinski definition) is 2. The maximum absolute atomic E-state index is 12.0. The molecule has 1 aromatic rings. The van der Waals surface area contributed by atoms with Crippen LogP contribution in [0.5, 0.6) is 0 Å². The summed E-state index contributed by atoms with van der Waals surface area (Å²) in [5, 5.41) is 3.05. The van der Waals surface area contributed by atoms with Gasteiger partial charge < -0.3 is 10.2 Å². The predicted molar refractivity (Wildman–Crippen MR) is 52.9 cm³/mol. The first kappa shape index (κ1) is 10.1. The predicted octanol–water partition coefficient (Wildman–Crippen LogP) is 2.83. The molecular weight excluding hydrogens is 205 g/mol. The zero-order valence-electron chi connectivity index (χ0n) is 8.01. The molecule has 1 heterocycles. The molecule has 1 N–H and O–H groups in total. The molecule has 0 spiro atoms. The van der Waals surface area contributed by atoms with Crippen molar-refractivity contribution in [2.24, 2.45) is 0 Å². The zero-order chi connectivity index (χ0) is 10.9. The molecule has 1 aromatic carbocycles. The van der Waals surface area contributed by atoms with Crippen LogP contribution < -0.4 is 10.2 Å². The van der Waals surface area contributed by atoms with Crippen LogP contribution in [-0.2, 0) is 0 Å². The largest absolute Gasteiger partial charge is 0.390 e. The molecule has 0 aromatic heterocycles. The van der Waals surface area contributed by atoms with E-state index in [0.29, 0.717) is 6.67 Å². The first-order chi connectivity index (χ1) is 7.06. The second-order valence-electron chi connectivity index (χ2n) is 3.48. The van der Waals surface area contributed by atoms with Crippen LogP contribution in [-0.4, -0.2) is 19.4 Å². The number of nitrogens with one attached hydrogen (secondary N) is 1. The lowest BCUT2D eigenvalue weighted by Gasteiger charge is -2.18. The van der Waals surface area contributed by atoms with Crippen LogP contribution in [0.25, 0.3) is 0 Å². The van der Waals surface area contributed by atoms with Gasteiger partial charge in [-0.05, 0) is 12.1 Å². The normalized spacial score (nSPS) is 15.0. The van der Waals surface area contributed by atoms with Crippen LogP contribution >= 0.6 is 0 Å². The van der Waals surface area contributed by atoms with Gasteiger partial charge in [-0.1, -0.05) is 12.1 Å². The minimum atomic E-state index is -4.09. The molecular formula is C10H11F3N2. The molecule has 1 aliphatic heterocycles. The van der Waals surface area contributed by atoms with Gasteiger partial charge in [0.25, 0.3) is 0 Å². The van der Waals surface area contributed by atoms with E-state index >= 15 is 0 Å². The quantitative estimate of drug-likeness (QED) is 0.817. The van der Waals surface area contributed by atoms with Gasteiger partial charge in [-0.25, -0.2) is 0 Å². The van der Waals surface area contributed by atoms with Gasteiger partial charge in [0.2, 0.25) is 0 Å². The molecule has 1 aliphatic rings. The third kappa shape index (κ3) is 2.34. The molecule has 0 atom stereocenters. The van der Waals surface area contributed by atoms with Crippen molar-refractivity contribution in [2.45, 2.75) is 12.6 Å². The maximum Gasteiger partial charge on any atom is 0.390 e. The molecule has 2 rings (SSSR count). The minimum Gasteiger partial charge on any atom is -0.366 e. The van der Waals surface area contributed by atoms with Crippen molar-refractivity contribution in [3.8, 4) is 0 Å². The second kappa shape index (κ2) is 3.64. The summed E-state index contributed by atoms with van der Waals surface area (Å²) in [4.78, 5) is 1.70. The van der Waals surface area contributed by atoms with Crippen LogP contribution in [0.15, 0.2) is 24.3 Å². The van der Waals surface area contributed by atoms with Gasteiger partial charge in [-0.2, -0.15) is 13.2 Å². The van der Waals surface area contributed by atoms with E-state index in [0.717, 1.165) is 11.4 Å². The zero-order valence-corrected chi connectivity index (χ0v) is 8.01. The first-order valence-corrected chi connectivity index (χ1v) is 4.71. The molecule has 0 unspecified atom stereocenters. The smallest absolute Gasteiger partial charge is 0.366 e. The monoisotopic (exact) mass is 216 g/mol. The Bertz CT molecular complexity index is 349. The first-order valence-electron chi connectivity index (χ1n) is 4.71. The van der Waals surface area contributed by atoms with E-state index in [-0.39, 0.29) is 6.54 Å². The topological polar surface area (TPSA) is 15.3 Å². The van der Waals surface area contributed by atoms with E-state index in [2.05, 4.69) is 5.32 Å². The number of para-hydroxylation sites is 2. The van der Waals surface area contributed by atoms with E-state index in [9.17, 15) is 13.2 Å². The lowest BCUT2D eigenvalue weighted by molar-refractivity contribution is -0.132. The number of hydrogen-bond donors (Lipinski definition) is 1. The highest BCUT2D eigenvalue weighted by atomic mass is 19.4. The molecule has 2 nitrogen and oxygen atoms in total. The van der Waals surface area contributed by atoms with Crippen molar-refractivity contribution < 1.29 is 13.2 Å². The number of fused-ring (bicyclic) bond motifs is 1. The highest BCUT2D eigenvalue weighted by molar-refractivity contribution is 5.74. The SMILES string of the molecule is FC(F)(F)CCN1CNc2ccccc21. The van der Waals surface area contributed by atoms with Gasteiger partial charge >= 0.3 is 6.18 Å². The Balaban J connectivity index is 2.02. The molecule has 0 saturated heterocycles. The number of alkyl halides is 3. The molecule has 5 heteroatoms. The fraction of sp³-hybridized carbons (Fsp3) is 0.400. The lowest BCUT2D eigenvalue weighted by Crippen LogP contribution is -2.27. The highest BCUT2D eigenvalue weighted by Crippen LogP contribution is 2.31. The van der Waals surface area contributed by atoms with Gasteiger partial charge in [0.05, 0.1) is 24.5 Å². The van der Waals surface area contributed by atoms with Gasteiger partial charge in [-0.15, -0.1) is 0 Å². The van der Waals surface area contributed by atoms with Crippen molar-refractivity contribution in [1.82, 2.24) is 0 Å². The van der Waals surface area contributed by atoms with E-state index in [1.54, 1.807) is 4.90 Å². The Morgan fingerprint density at radius 3 is 2.73 bits per heavy atom. The third-order valence-electron chi connectivity index (χ3n) is 2.37. The minimum absolute atomic E-state index is 0.00745. The van der Waals surface area contributed by atoms with Crippen molar-refractivity contribution in [3.05, 3.63) is 24.3 Å². The van der Waals surface area contributed by atoms with E-state index in [1.807, 2.05) is 24.3 Å². The maximum atomic E-state index is 12.0. The summed E-state index contributed by atoms with van der Waals surface area (Å²) in [6, 6.07) is 7.38. The molecule has 15 heavy (non-hydrogen) atoms. The molecule has 0 fully saturated rings. The Morgan fingerprint density at radius 1 is 1.27 bits per heavy atom. The Hall–Kier alpha value is -1.39. The summed E-state index contributed by atoms with van der Waals surface area (Å²) in [6.45, 7) is 0.461. The summed E-state index contributed by atoms with van der Waals surface area (Å²) in [6.07, 6.45) is -4.86. The number of benzene rings is 1. The average Bonchev–Trinajstić information content (AvgIpc) is 2.57. The molecule has 0 radical (unpaired) electrons. The van der Waals surface area contributed by atoms with Crippen LogP contribution in [0.1, 0.15) is 6.42 Å². The number of anilines is 2. The molecule has 0 saturated carbocycles. The summed E-state index contributed by atoms with van der Waals surface area (Å²) in [5.41, 5.74) is 1.75. The van der Waals surface area contributed by atoms with E-state index in [4.69, 9.17) is 0 Å². The van der Waals surface area contributed by atoms with Crippen molar-refractivity contribution in [1.29, 1.82) is 0 Å². The van der Waals surface area contributed by atoms with E-state index < -0.39 is 12.6 Å². The van der Waals surface area contributed by atoms with E-state index in [1.165, 1.54) is 0 Å². The summed E-state index contributed by atoms with van der Waals surface area (Å²) >= 11 is 0. The second-order valence-corrected chi connectivity index (χ2v) is 3.48. The third-order valence-corrected chi connectivity index (χ3v) is 2.37. The summed E-state index contributed by atoms with van der Waals surface area (Å²) in [7, 11) is 0. The average molecular weight is 216 g/mol. The molecule has 0 bridgehead atoms. The summed E-state index contributed by atoms with van der Waals surface area (Å²) < 4.78 is 36.1. The fourth-order valence-corrected chi connectivity index (χ4v) is 1.63. The molecule has 82 valence electrons. The highest BCUT2D eigenvalue weighted by Gasteiger charge is 2.29. The van der Waals surface area contributed by atoms with Gasteiger partial charge in [0, 0.05) is 6.54 Å². The summed E-state index contributed by atoms with van der Waals surface area (Å²) in [5.74, 6) is 0. The van der Waals surface area contributed by atoms with Crippen LogP contribution in [0.3, 0.4) is 0 Å². The lowest BCUT2D eigenvalue weighted by atomic mass is 10.2. The number of halogens is 3. The number of nitrogens with zero attached hydrogens (tertiary/aromatic N) is 1. The van der Waals surface area contributed by atoms with Crippen molar-refractivity contribution in [2.75, 3.05) is 23.4 Å². The van der Waals surface area contributed by atoms with Crippen LogP contribution in [0.2, 0.25) is 0 Å². The Labute approximate surface area is 85.7 Å². The molecule has 0 aliphatic carbocycles. The number of rotatable bonds is 2. The fourth-order valence-electron chi connectivity index (χ4n) is 1.63. The Kier molecular flexibility index (Phi) is 2.46.